The maximum atomic E-state index is 12.0. The minimum absolute atomic E-state index is 0.00279. The average Bonchev–Trinajstić information content (AvgIpc) is 2.79. The van der Waals surface area contributed by atoms with Crippen LogP contribution in [0, 0.1) is 28.6 Å². The number of aliphatic hydroxyl groups excluding tert-OH is 1. The molecule has 8 atom stereocenters. The normalized spacial score (nSPS) is 61.9. The molecule has 4 aliphatic carbocycles. The molecule has 4 saturated carbocycles. The first-order chi connectivity index (χ1) is 10.7. The van der Waals surface area contributed by atoms with Crippen LogP contribution < -0.4 is 0 Å². The molecule has 4 unspecified atom stereocenters. The summed E-state index contributed by atoms with van der Waals surface area (Å²) < 4.78 is 8.63. The van der Waals surface area contributed by atoms with Crippen molar-refractivity contribution in [2.45, 2.75) is 83.3 Å². The van der Waals surface area contributed by atoms with Crippen LogP contribution in [0.15, 0.2) is 0 Å². The molecule has 3 nitrogen and oxygen atoms in total. The van der Waals surface area contributed by atoms with Crippen LogP contribution in [0.4, 0.5) is 0 Å². The van der Waals surface area contributed by atoms with E-state index in [0.717, 1.165) is 32.1 Å². The van der Waals surface area contributed by atoms with Crippen LogP contribution in [0.25, 0.3) is 0 Å². The lowest BCUT2D eigenvalue weighted by molar-refractivity contribution is -0.205. The van der Waals surface area contributed by atoms with Gasteiger partial charge in [0.25, 0.3) is 0 Å². The van der Waals surface area contributed by atoms with Crippen LogP contribution >= 0.6 is 0 Å². The Bertz CT molecular complexity index is 537. The van der Waals surface area contributed by atoms with Crippen molar-refractivity contribution in [1.29, 1.82) is 0 Å². The van der Waals surface area contributed by atoms with E-state index in [9.17, 15) is 15.0 Å². The van der Waals surface area contributed by atoms with Gasteiger partial charge in [-0.2, -0.15) is 0 Å². The molecule has 2 N–H and O–H groups in total. The number of fused-ring (bicyclic) bond motifs is 5. The van der Waals surface area contributed by atoms with E-state index in [4.69, 9.17) is 1.37 Å². The molecule has 0 radical (unpaired) electrons. The highest BCUT2D eigenvalue weighted by molar-refractivity contribution is 5.80. The fourth-order valence-corrected chi connectivity index (χ4v) is 6.73. The van der Waals surface area contributed by atoms with Gasteiger partial charge in [0.15, 0.2) is 0 Å². The predicted molar refractivity (Wildman–Crippen MR) is 84.2 cm³/mol. The molecule has 0 saturated heterocycles. The highest BCUT2D eigenvalue weighted by atomic mass is 16.3. The molecule has 0 aromatic rings. The number of hydrogen-bond acceptors (Lipinski definition) is 3. The number of carbonyl (C=O) groups is 1. The van der Waals surface area contributed by atoms with Crippen LogP contribution in [0.2, 0.25) is 0 Å². The number of rotatable bonds is 0. The Morgan fingerprint density at radius 3 is 2.68 bits per heavy atom. The summed E-state index contributed by atoms with van der Waals surface area (Å²) >= 11 is 0. The molecule has 22 heavy (non-hydrogen) atoms. The van der Waals surface area contributed by atoms with Crippen LogP contribution in [-0.2, 0) is 4.79 Å². The van der Waals surface area contributed by atoms with Gasteiger partial charge in [-0.15, -0.1) is 0 Å². The number of hydrogen-bond donors (Lipinski definition) is 2. The van der Waals surface area contributed by atoms with Crippen molar-refractivity contribution in [3.63, 3.8) is 0 Å². The van der Waals surface area contributed by atoms with Crippen LogP contribution in [0.1, 0.15) is 73.0 Å². The first-order valence-electron chi connectivity index (χ1n) is 9.64. The highest BCUT2D eigenvalue weighted by Crippen LogP contribution is 2.66. The summed E-state index contributed by atoms with van der Waals surface area (Å²) in [4.78, 5) is 12.0. The number of ketones is 1. The quantitative estimate of drug-likeness (QED) is 0.723. The van der Waals surface area contributed by atoms with Crippen molar-refractivity contribution >= 4 is 5.78 Å². The third kappa shape index (κ3) is 1.73. The van der Waals surface area contributed by atoms with E-state index in [2.05, 4.69) is 13.8 Å². The largest absolute Gasteiger partial charge is 0.393 e. The first-order valence-corrected chi connectivity index (χ1v) is 9.07. The summed E-state index contributed by atoms with van der Waals surface area (Å²) in [7, 11) is 0. The maximum absolute atomic E-state index is 12.0. The molecule has 4 rings (SSSR count). The molecular formula is C19H30O3. The molecule has 0 amide bonds. The second-order valence-electron chi connectivity index (χ2n) is 9.01. The van der Waals surface area contributed by atoms with E-state index in [-0.39, 0.29) is 29.1 Å². The summed E-state index contributed by atoms with van der Waals surface area (Å²) in [6, 6.07) is 0. The number of carbonyl (C=O) groups excluding carboxylic acids is 1. The Morgan fingerprint density at radius 1 is 1.14 bits per heavy atom. The SMILES string of the molecule is [3H]C1CC2C3CC[C@H](O)[C@@]3(C)CCC2[C@@]2(C)CCC(=O)C[C@]12O. The average molecular weight is 308 g/mol. The molecule has 0 spiro atoms. The Balaban J connectivity index is 1.72. The van der Waals surface area contributed by atoms with E-state index >= 15 is 0 Å². The Labute approximate surface area is 134 Å². The second kappa shape index (κ2) is 4.57. The second-order valence-corrected chi connectivity index (χ2v) is 9.01. The predicted octanol–water partition coefficient (Wildman–Crippen LogP) is 3.07. The van der Waals surface area contributed by atoms with Gasteiger partial charge < -0.3 is 10.2 Å². The van der Waals surface area contributed by atoms with Crippen molar-refractivity contribution in [2.75, 3.05) is 0 Å². The van der Waals surface area contributed by atoms with Gasteiger partial charge in [0.2, 0.25) is 0 Å². The van der Waals surface area contributed by atoms with Crippen LogP contribution in [-0.4, -0.2) is 27.7 Å². The minimum atomic E-state index is -1.14. The molecule has 124 valence electrons. The van der Waals surface area contributed by atoms with Gasteiger partial charge in [0.1, 0.15) is 5.78 Å². The Kier molecular flexibility index (Phi) is 2.90. The topological polar surface area (TPSA) is 57.5 Å². The third-order valence-corrected chi connectivity index (χ3v) is 8.31. The van der Waals surface area contributed by atoms with E-state index in [0.29, 0.717) is 30.6 Å². The van der Waals surface area contributed by atoms with Crippen LogP contribution in [0.5, 0.6) is 0 Å². The van der Waals surface area contributed by atoms with Crippen molar-refractivity contribution < 1.29 is 16.4 Å². The minimum Gasteiger partial charge on any atom is -0.393 e. The lowest BCUT2D eigenvalue weighted by atomic mass is 9.43. The van der Waals surface area contributed by atoms with Gasteiger partial charge in [-0.05, 0) is 68.1 Å². The molecule has 0 heterocycles. The molecule has 4 aliphatic rings. The van der Waals surface area contributed by atoms with Gasteiger partial charge in [-0.25, -0.2) is 0 Å². The zero-order valence-electron chi connectivity index (χ0n) is 14.8. The van der Waals surface area contributed by atoms with E-state index in [1.54, 1.807) is 0 Å². The van der Waals surface area contributed by atoms with Crippen molar-refractivity contribution in [1.82, 2.24) is 0 Å². The van der Waals surface area contributed by atoms with E-state index in [1.807, 2.05) is 0 Å². The molecule has 0 aromatic heterocycles. The van der Waals surface area contributed by atoms with Crippen molar-refractivity contribution in [2.24, 2.45) is 28.6 Å². The highest BCUT2D eigenvalue weighted by Gasteiger charge is 2.64. The van der Waals surface area contributed by atoms with E-state index < -0.39 is 12.0 Å². The van der Waals surface area contributed by atoms with Gasteiger partial charge in [0, 0.05) is 19.6 Å². The maximum Gasteiger partial charge on any atom is 0.135 e. The molecule has 4 fully saturated rings. The molecule has 0 aliphatic heterocycles. The first kappa shape index (κ1) is 14.0. The lowest BCUT2D eigenvalue weighted by Gasteiger charge is -2.63. The van der Waals surface area contributed by atoms with Crippen molar-refractivity contribution in [3.8, 4) is 0 Å². The van der Waals surface area contributed by atoms with Gasteiger partial charge in [-0.3, -0.25) is 4.79 Å². The standard InChI is InChI=1S/C19H30O3/c1-17-8-7-15-13(14(17)3-4-16(17)21)6-10-19(22)11-12(20)5-9-18(15,19)2/h13-16,21-22H,3-11H2,1-2H3/t13?,14?,15?,16-,17-,18+,19+/m0/s1/i10T/t10?,13?,14?,15?,16-,17-,18+,19+. The molecule has 0 bridgehead atoms. The fourth-order valence-electron chi connectivity index (χ4n) is 6.73. The van der Waals surface area contributed by atoms with E-state index in [1.165, 1.54) is 0 Å². The Morgan fingerprint density at radius 2 is 1.91 bits per heavy atom. The monoisotopic (exact) mass is 308 g/mol. The number of Topliss-reactive ketones (excluding diaryl/α,β-unsaturated/α-hetero) is 1. The number of aliphatic hydroxyl groups is 2. The fraction of sp³-hybridized carbons (Fsp3) is 0.947. The van der Waals surface area contributed by atoms with Crippen LogP contribution in [0.3, 0.4) is 0 Å². The summed E-state index contributed by atoms with van der Waals surface area (Å²) in [5.41, 5.74) is -1.46. The zero-order valence-corrected chi connectivity index (χ0v) is 13.8. The third-order valence-electron chi connectivity index (χ3n) is 8.31. The van der Waals surface area contributed by atoms with Gasteiger partial charge >= 0.3 is 0 Å². The summed E-state index contributed by atoms with van der Waals surface area (Å²) in [6.07, 6.45) is 5.34. The summed E-state index contributed by atoms with van der Waals surface area (Å²) in [6.45, 7) is 4.38. The summed E-state index contributed by atoms with van der Waals surface area (Å²) in [5.74, 6) is 1.41. The zero-order chi connectivity index (χ0) is 16.6. The molecular weight excluding hydrogens is 276 g/mol. The molecule has 0 aromatic carbocycles. The molecule has 3 heteroatoms. The van der Waals surface area contributed by atoms with Crippen molar-refractivity contribution in [3.05, 3.63) is 0 Å². The summed E-state index contributed by atoms with van der Waals surface area (Å²) in [5, 5.41) is 21.8. The lowest BCUT2D eigenvalue weighted by Crippen LogP contribution is -2.62. The van der Waals surface area contributed by atoms with Gasteiger partial charge in [0.05, 0.1) is 11.7 Å². The van der Waals surface area contributed by atoms with Gasteiger partial charge in [-0.1, -0.05) is 13.8 Å². The Hall–Kier alpha value is -0.410. The smallest absolute Gasteiger partial charge is 0.135 e.